The van der Waals surface area contributed by atoms with Crippen LogP contribution in [-0.4, -0.2) is 75.0 Å². The predicted molar refractivity (Wildman–Crippen MR) is 129 cm³/mol. The number of hydrogen-bond donors (Lipinski definition) is 2. The Morgan fingerprint density at radius 2 is 1.64 bits per heavy atom. The molecule has 0 aliphatic carbocycles. The normalized spacial score (nSPS) is 16.2. The minimum atomic E-state index is -1.82. The standard InChI is InChI=1S/C24H27N3O3.C2H2O4/c1-2-15-30-21-5-3-20(4-6-21)23(29)26-13-9-24(10-14-26)16-22(28)27(18-24)17-19-7-11-25-12-8-19;3-1(4)2(5)6/h2-8,11-12H,1,9-10,13-18H2;(H,3,4)(H,5,6). The summed E-state index contributed by atoms with van der Waals surface area (Å²) in [5, 5.41) is 14.8. The molecular formula is C26H29N3O7. The Bertz CT molecular complexity index is 1080. The number of likely N-dealkylation sites (tertiary alicyclic amines) is 2. The van der Waals surface area contributed by atoms with Gasteiger partial charge in [-0.2, -0.15) is 0 Å². The Kier molecular flexibility index (Phi) is 8.77. The fourth-order valence-corrected chi connectivity index (χ4v) is 4.38. The molecule has 3 heterocycles. The zero-order valence-electron chi connectivity index (χ0n) is 19.8. The zero-order chi connectivity index (χ0) is 26.1. The van der Waals surface area contributed by atoms with Crippen LogP contribution in [-0.2, 0) is 20.9 Å². The van der Waals surface area contributed by atoms with Crippen LogP contribution in [0.5, 0.6) is 5.75 Å². The van der Waals surface area contributed by atoms with E-state index >= 15 is 0 Å². The highest BCUT2D eigenvalue weighted by Gasteiger charge is 2.45. The Morgan fingerprint density at radius 1 is 1.03 bits per heavy atom. The number of carbonyl (C=O) groups is 4. The Morgan fingerprint density at radius 3 is 2.19 bits per heavy atom. The molecule has 0 saturated carbocycles. The van der Waals surface area contributed by atoms with Crippen LogP contribution in [0.15, 0.2) is 61.4 Å². The number of benzene rings is 1. The SMILES string of the molecule is C=CCOc1ccc(C(=O)N2CCC3(CC2)CC(=O)N(Cc2ccncc2)C3)cc1.O=C(O)C(=O)O. The van der Waals surface area contributed by atoms with E-state index in [4.69, 9.17) is 24.5 Å². The lowest BCUT2D eigenvalue weighted by atomic mass is 9.77. The Labute approximate surface area is 208 Å². The van der Waals surface area contributed by atoms with Crippen molar-refractivity contribution in [3.8, 4) is 5.75 Å². The minimum Gasteiger partial charge on any atom is -0.490 e. The third-order valence-corrected chi connectivity index (χ3v) is 6.29. The minimum absolute atomic E-state index is 0.0106. The summed E-state index contributed by atoms with van der Waals surface area (Å²) in [5.74, 6) is -2.67. The van der Waals surface area contributed by atoms with Crippen LogP contribution >= 0.6 is 0 Å². The molecule has 2 amide bonds. The van der Waals surface area contributed by atoms with E-state index in [1.165, 1.54) is 0 Å². The van der Waals surface area contributed by atoms with E-state index in [9.17, 15) is 9.59 Å². The number of nitrogens with zero attached hydrogens (tertiary/aromatic N) is 3. The summed E-state index contributed by atoms with van der Waals surface area (Å²) in [4.78, 5) is 51.6. The summed E-state index contributed by atoms with van der Waals surface area (Å²) in [6.45, 7) is 6.84. The van der Waals surface area contributed by atoms with Crippen molar-refractivity contribution < 1.29 is 34.1 Å². The van der Waals surface area contributed by atoms with Gasteiger partial charge < -0.3 is 24.7 Å². The number of pyridine rings is 1. The molecule has 2 aliphatic heterocycles. The zero-order valence-corrected chi connectivity index (χ0v) is 19.8. The van der Waals surface area contributed by atoms with E-state index in [1.54, 1.807) is 30.6 Å². The van der Waals surface area contributed by atoms with Crippen molar-refractivity contribution in [3.05, 3.63) is 72.6 Å². The smallest absolute Gasteiger partial charge is 0.414 e. The van der Waals surface area contributed by atoms with Crippen molar-refractivity contribution in [2.24, 2.45) is 5.41 Å². The monoisotopic (exact) mass is 495 g/mol. The van der Waals surface area contributed by atoms with Crippen molar-refractivity contribution in [2.45, 2.75) is 25.8 Å². The lowest BCUT2D eigenvalue weighted by molar-refractivity contribution is -0.159. The highest BCUT2D eigenvalue weighted by atomic mass is 16.5. The van der Waals surface area contributed by atoms with Gasteiger partial charge in [-0.1, -0.05) is 12.7 Å². The van der Waals surface area contributed by atoms with Gasteiger partial charge in [0.25, 0.3) is 5.91 Å². The Balaban J connectivity index is 0.000000538. The lowest BCUT2D eigenvalue weighted by Crippen LogP contribution is -2.44. The maximum atomic E-state index is 12.9. The summed E-state index contributed by atoms with van der Waals surface area (Å²) in [6, 6.07) is 11.1. The molecule has 0 radical (unpaired) electrons. The van der Waals surface area contributed by atoms with Gasteiger partial charge >= 0.3 is 11.9 Å². The molecule has 2 N–H and O–H groups in total. The van der Waals surface area contributed by atoms with Gasteiger partial charge in [-0.3, -0.25) is 14.6 Å². The first-order valence-electron chi connectivity index (χ1n) is 11.5. The number of carboxylic acid groups (broad SMARTS) is 2. The second-order valence-corrected chi connectivity index (χ2v) is 8.81. The van der Waals surface area contributed by atoms with E-state index < -0.39 is 11.9 Å². The molecule has 1 spiro atoms. The highest BCUT2D eigenvalue weighted by Crippen LogP contribution is 2.41. The van der Waals surface area contributed by atoms with Crippen LogP contribution in [0.4, 0.5) is 0 Å². The van der Waals surface area contributed by atoms with Gasteiger partial charge in [0.1, 0.15) is 12.4 Å². The van der Waals surface area contributed by atoms with Crippen molar-refractivity contribution >= 4 is 23.8 Å². The second kappa shape index (κ2) is 12.0. The molecule has 1 aromatic carbocycles. The number of carboxylic acids is 2. The molecule has 0 bridgehead atoms. The first-order valence-corrected chi connectivity index (χ1v) is 11.5. The first kappa shape index (κ1) is 26.4. The van der Waals surface area contributed by atoms with Crippen molar-refractivity contribution in [1.29, 1.82) is 0 Å². The molecule has 2 saturated heterocycles. The second-order valence-electron chi connectivity index (χ2n) is 8.81. The summed E-state index contributed by atoms with van der Waals surface area (Å²) < 4.78 is 5.48. The fourth-order valence-electron chi connectivity index (χ4n) is 4.38. The van der Waals surface area contributed by atoms with Gasteiger partial charge in [0.2, 0.25) is 5.91 Å². The van der Waals surface area contributed by atoms with Crippen LogP contribution in [0.25, 0.3) is 0 Å². The molecule has 2 aliphatic rings. The molecule has 0 unspecified atom stereocenters. The van der Waals surface area contributed by atoms with Crippen molar-refractivity contribution in [2.75, 3.05) is 26.2 Å². The maximum absolute atomic E-state index is 12.9. The van der Waals surface area contributed by atoms with Crippen molar-refractivity contribution in [3.63, 3.8) is 0 Å². The van der Waals surface area contributed by atoms with E-state index in [0.717, 1.165) is 30.7 Å². The number of aromatic nitrogens is 1. The number of hydrogen-bond acceptors (Lipinski definition) is 6. The summed E-state index contributed by atoms with van der Waals surface area (Å²) in [7, 11) is 0. The number of ether oxygens (including phenoxy) is 1. The summed E-state index contributed by atoms with van der Waals surface area (Å²) in [6.07, 6.45) is 7.50. The molecule has 10 heteroatoms. The largest absolute Gasteiger partial charge is 0.490 e. The van der Waals surface area contributed by atoms with Crippen molar-refractivity contribution in [1.82, 2.24) is 14.8 Å². The molecule has 2 aromatic rings. The van der Waals surface area contributed by atoms with Crippen LogP contribution in [0.2, 0.25) is 0 Å². The summed E-state index contributed by atoms with van der Waals surface area (Å²) >= 11 is 0. The van der Waals surface area contributed by atoms with Crippen LogP contribution in [0.3, 0.4) is 0 Å². The van der Waals surface area contributed by atoms with Gasteiger partial charge in [0, 0.05) is 56.0 Å². The molecule has 1 aromatic heterocycles. The highest BCUT2D eigenvalue weighted by molar-refractivity contribution is 6.27. The molecule has 190 valence electrons. The maximum Gasteiger partial charge on any atom is 0.414 e. The average Bonchev–Trinajstić information content (AvgIpc) is 3.18. The number of carbonyl (C=O) groups excluding carboxylic acids is 2. The summed E-state index contributed by atoms with van der Waals surface area (Å²) in [5.41, 5.74) is 1.76. The molecule has 2 fully saturated rings. The predicted octanol–water partition coefficient (Wildman–Crippen LogP) is 2.46. The molecule has 36 heavy (non-hydrogen) atoms. The van der Waals surface area contributed by atoms with Crippen LogP contribution in [0.1, 0.15) is 35.2 Å². The topological polar surface area (TPSA) is 137 Å². The number of piperidine rings is 1. The van der Waals surface area contributed by atoms with Gasteiger partial charge in [0.05, 0.1) is 0 Å². The fraction of sp³-hybridized carbons (Fsp3) is 0.346. The molecular weight excluding hydrogens is 466 g/mol. The third-order valence-electron chi connectivity index (χ3n) is 6.29. The number of rotatable bonds is 6. The van der Waals surface area contributed by atoms with Gasteiger partial charge in [-0.05, 0) is 54.8 Å². The number of amides is 2. The Hall–Kier alpha value is -4.21. The van der Waals surface area contributed by atoms with Gasteiger partial charge in [-0.15, -0.1) is 0 Å². The van der Waals surface area contributed by atoms with Crippen LogP contribution < -0.4 is 4.74 Å². The molecule has 10 nitrogen and oxygen atoms in total. The van der Waals surface area contributed by atoms with E-state index in [-0.39, 0.29) is 17.2 Å². The molecule has 0 atom stereocenters. The first-order chi connectivity index (χ1) is 17.2. The van der Waals surface area contributed by atoms with Crippen LogP contribution in [0, 0.1) is 5.41 Å². The average molecular weight is 496 g/mol. The van der Waals surface area contributed by atoms with Gasteiger partial charge in [-0.25, -0.2) is 9.59 Å². The third kappa shape index (κ3) is 6.91. The quantitative estimate of drug-likeness (QED) is 0.461. The lowest BCUT2D eigenvalue weighted by Gasteiger charge is -2.38. The van der Waals surface area contributed by atoms with E-state index in [1.807, 2.05) is 34.1 Å². The molecule has 4 rings (SSSR count). The van der Waals surface area contributed by atoms with E-state index in [2.05, 4.69) is 11.6 Å². The number of aliphatic carboxylic acids is 2. The van der Waals surface area contributed by atoms with E-state index in [0.29, 0.717) is 38.2 Å². The van der Waals surface area contributed by atoms with Gasteiger partial charge in [0.15, 0.2) is 0 Å².